The average molecular weight is 404 g/mol. The van der Waals surface area contributed by atoms with Gasteiger partial charge in [0, 0.05) is 36.3 Å². The first kappa shape index (κ1) is 16.9. The minimum absolute atomic E-state index is 0.0210. The fourth-order valence-electron chi connectivity index (χ4n) is 2.47. The lowest BCUT2D eigenvalue weighted by atomic mass is 10.2. The van der Waals surface area contributed by atoms with Crippen molar-refractivity contribution in [1.82, 2.24) is 9.13 Å². The number of imidazole rings is 1. The topological polar surface area (TPSA) is 94.5 Å². The molecule has 128 valence electrons. The van der Waals surface area contributed by atoms with E-state index in [0.717, 1.165) is 21.1 Å². The summed E-state index contributed by atoms with van der Waals surface area (Å²) in [5.41, 5.74) is 5.79. The van der Waals surface area contributed by atoms with Crippen LogP contribution in [-0.4, -0.2) is 20.3 Å². The van der Waals surface area contributed by atoms with Crippen LogP contribution in [0.4, 0.5) is 11.4 Å². The summed E-state index contributed by atoms with van der Waals surface area (Å²) >= 11 is 3.48. The molecule has 1 N–H and O–H groups in total. The molecular formula is C16H14BrN5O3. The number of nitro benzene ring substituents is 1. The van der Waals surface area contributed by atoms with Crippen LogP contribution in [0.1, 0.15) is 5.56 Å². The van der Waals surface area contributed by atoms with Crippen LogP contribution in [0.15, 0.2) is 50.8 Å². The number of nitrogens with zero attached hydrogens (tertiary/aromatic N) is 4. The van der Waals surface area contributed by atoms with Gasteiger partial charge in [-0.15, -0.1) is 0 Å². The van der Waals surface area contributed by atoms with Crippen molar-refractivity contribution in [2.24, 2.45) is 19.2 Å². The molecule has 8 nitrogen and oxygen atoms in total. The quantitative estimate of drug-likeness (QED) is 0.411. The van der Waals surface area contributed by atoms with Crippen molar-refractivity contribution in [3.63, 3.8) is 0 Å². The van der Waals surface area contributed by atoms with Gasteiger partial charge in [-0.1, -0.05) is 15.9 Å². The SMILES string of the molecule is Cn1c(=O)n(C)c2cc(/C=N\Nc3ccc([N+](=O)[O-])cc3)c(Br)cc21. The zero-order valence-electron chi connectivity index (χ0n) is 13.4. The van der Waals surface area contributed by atoms with Crippen molar-refractivity contribution < 1.29 is 4.92 Å². The first-order chi connectivity index (χ1) is 11.9. The van der Waals surface area contributed by atoms with E-state index in [0.29, 0.717) is 5.69 Å². The highest BCUT2D eigenvalue weighted by atomic mass is 79.9. The number of nitro groups is 1. The lowest BCUT2D eigenvalue weighted by Gasteiger charge is -2.03. The van der Waals surface area contributed by atoms with Gasteiger partial charge in [0.25, 0.3) is 5.69 Å². The number of hydrazone groups is 1. The molecule has 0 aliphatic rings. The van der Waals surface area contributed by atoms with Crippen LogP contribution in [0.2, 0.25) is 0 Å². The van der Waals surface area contributed by atoms with Crippen molar-refractivity contribution in [2.45, 2.75) is 0 Å². The van der Waals surface area contributed by atoms with Gasteiger partial charge in [-0.05, 0) is 24.3 Å². The third-order valence-electron chi connectivity index (χ3n) is 3.87. The number of halogens is 1. The molecule has 3 aromatic rings. The molecule has 3 rings (SSSR count). The van der Waals surface area contributed by atoms with Crippen LogP contribution >= 0.6 is 15.9 Å². The van der Waals surface area contributed by atoms with E-state index in [4.69, 9.17) is 0 Å². The van der Waals surface area contributed by atoms with E-state index >= 15 is 0 Å². The van der Waals surface area contributed by atoms with E-state index in [1.165, 1.54) is 12.1 Å². The van der Waals surface area contributed by atoms with Gasteiger partial charge in [-0.2, -0.15) is 5.10 Å². The van der Waals surface area contributed by atoms with E-state index in [9.17, 15) is 14.9 Å². The van der Waals surface area contributed by atoms with Crippen molar-refractivity contribution >= 4 is 44.6 Å². The summed E-state index contributed by atoms with van der Waals surface area (Å²) < 4.78 is 3.95. The zero-order valence-corrected chi connectivity index (χ0v) is 15.0. The first-order valence-electron chi connectivity index (χ1n) is 7.27. The summed E-state index contributed by atoms with van der Waals surface area (Å²) in [6.07, 6.45) is 1.61. The maximum Gasteiger partial charge on any atom is 0.328 e. The van der Waals surface area contributed by atoms with Gasteiger partial charge in [0.15, 0.2) is 0 Å². The Morgan fingerprint density at radius 1 is 1.16 bits per heavy atom. The van der Waals surface area contributed by atoms with E-state index in [1.54, 1.807) is 41.6 Å². The number of nitrogens with one attached hydrogen (secondary N) is 1. The van der Waals surface area contributed by atoms with Gasteiger partial charge < -0.3 is 0 Å². The van der Waals surface area contributed by atoms with Crippen LogP contribution < -0.4 is 11.1 Å². The molecule has 0 aliphatic carbocycles. The van der Waals surface area contributed by atoms with Gasteiger partial charge in [0.2, 0.25) is 0 Å². The number of hydrogen-bond donors (Lipinski definition) is 1. The minimum atomic E-state index is -0.455. The molecule has 0 amide bonds. The second-order valence-corrected chi connectivity index (χ2v) is 6.29. The number of non-ortho nitro benzene ring substituents is 1. The van der Waals surface area contributed by atoms with E-state index < -0.39 is 4.92 Å². The fraction of sp³-hybridized carbons (Fsp3) is 0.125. The molecule has 0 saturated carbocycles. The first-order valence-corrected chi connectivity index (χ1v) is 8.06. The summed E-state index contributed by atoms with van der Waals surface area (Å²) in [4.78, 5) is 22.2. The third-order valence-corrected chi connectivity index (χ3v) is 4.55. The average Bonchev–Trinajstić information content (AvgIpc) is 2.80. The van der Waals surface area contributed by atoms with Crippen LogP contribution in [0.5, 0.6) is 0 Å². The fourth-order valence-corrected chi connectivity index (χ4v) is 2.90. The molecule has 0 fully saturated rings. The normalized spacial score (nSPS) is 11.3. The monoisotopic (exact) mass is 403 g/mol. The van der Waals surface area contributed by atoms with Crippen LogP contribution in [0, 0.1) is 10.1 Å². The Morgan fingerprint density at radius 3 is 2.36 bits per heavy atom. The molecule has 0 aliphatic heterocycles. The van der Waals surface area contributed by atoms with Gasteiger partial charge in [-0.3, -0.25) is 24.7 Å². The predicted molar refractivity (Wildman–Crippen MR) is 100 cm³/mol. The minimum Gasteiger partial charge on any atom is -0.295 e. The van der Waals surface area contributed by atoms with Gasteiger partial charge in [0.05, 0.1) is 27.9 Å². The predicted octanol–water partition coefficient (Wildman–Crippen LogP) is 2.99. The number of anilines is 1. The summed E-state index contributed by atoms with van der Waals surface area (Å²) in [6, 6.07) is 9.69. The van der Waals surface area contributed by atoms with E-state index in [2.05, 4.69) is 26.5 Å². The lowest BCUT2D eigenvalue weighted by molar-refractivity contribution is -0.384. The molecule has 9 heteroatoms. The maximum absolute atomic E-state index is 12.0. The summed E-state index contributed by atoms with van der Waals surface area (Å²) in [7, 11) is 3.44. The number of benzene rings is 2. The van der Waals surface area contributed by atoms with E-state index in [1.807, 2.05) is 12.1 Å². The molecule has 0 radical (unpaired) electrons. The van der Waals surface area contributed by atoms with Crippen LogP contribution in [-0.2, 0) is 14.1 Å². The van der Waals surface area contributed by atoms with E-state index in [-0.39, 0.29) is 11.4 Å². The Labute approximate surface area is 150 Å². The summed E-state index contributed by atoms with van der Waals surface area (Å²) in [5, 5.41) is 14.8. The second-order valence-electron chi connectivity index (χ2n) is 5.44. The van der Waals surface area contributed by atoms with Gasteiger partial charge >= 0.3 is 5.69 Å². The highest BCUT2D eigenvalue weighted by Gasteiger charge is 2.10. The van der Waals surface area contributed by atoms with Gasteiger partial charge in [-0.25, -0.2) is 4.79 Å². The number of rotatable bonds is 4. The third kappa shape index (κ3) is 3.18. The molecule has 1 aromatic heterocycles. The highest BCUT2D eigenvalue weighted by Crippen LogP contribution is 2.22. The smallest absolute Gasteiger partial charge is 0.295 e. The Morgan fingerprint density at radius 2 is 1.76 bits per heavy atom. The molecule has 0 atom stereocenters. The van der Waals surface area contributed by atoms with Gasteiger partial charge in [0.1, 0.15) is 0 Å². The van der Waals surface area contributed by atoms with Crippen molar-refractivity contribution in [3.05, 3.63) is 67.0 Å². The van der Waals surface area contributed by atoms with Crippen LogP contribution in [0.3, 0.4) is 0 Å². The molecule has 2 aromatic carbocycles. The summed E-state index contributed by atoms with van der Waals surface area (Å²) in [5.74, 6) is 0. The Balaban J connectivity index is 1.86. The number of aryl methyl sites for hydroxylation is 2. The highest BCUT2D eigenvalue weighted by molar-refractivity contribution is 9.10. The molecule has 0 spiro atoms. The molecule has 0 bridgehead atoms. The zero-order chi connectivity index (χ0) is 18.1. The molecule has 1 heterocycles. The molecule has 25 heavy (non-hydrogen) atoms. The Bertz CT molecular complexity index is 1050. The Kier molecular flexibility index (Phi) is 4.41. The summed E-state index contributed by atoms with van der Waals surface area (Å²) in [6.45, 7) is 0. The largest absolute Gasteiger partial charge is 0.328 e. The van der Waals surface area contributed by atoms with Crippen molar-refractivity contribution in [1.29, 1.82) is 0 Å². The molecular weight excluding hydrogens is 390 g/mol. The number of hydrogen-bond acceptors (Lipinski definition) is 5. The second kappa shape index (κ2) is 6.52. The molecule has 0 unspecified atom stereocenters. The molecule has 0 saturated heterocycles. The standard InChI is InChI=1S/C16H14BrN5O3/c1-20-14-7-10(13(17)8-15(14)21(2)16(20)23)9-18-19-11-3-5-12(6-4-11)22(24)25/h3-9,19H,1-2H3/b18-9-. The van der Waals surface area contributed by atoms with Crippen LogP contribution in [0.25, 0.3) is 11.0 Å². The number of aromatic nitrogens is 2. The lowest BCUT2D eigenvalue weighted by Crippen LogP contribution is -2.19. The number of fused-ring (bicyclic) bond motifs is 1. The maximum atomic E-state index is 12.0. The van der Waals surface area contributed by atoms with Crippen molar-refractivity contribution in [2.75, 3.05) is 5.43 Å². The Hall–Kier alpha value is -2.94. The van der Waals surface area contributed by atoms with Crippen molar-refractivity contribution in [3.8, 4) is 0 Å².